The van der Waals surface area contributed by atoms with E-state index in [9.17, 15) is 4.79 Å². The number of aryl methyl sites for hydroxylation is 2. The van der Waals surface area contributed by atoms with Crippen LogP contribution in [0, 0.1) is 6.92 Å². The Kier molecular flexibility index (Phi) is 4.09. The molecular formula is C24H22N4O. The number of pyridine rings is 1. The van der Waals surface area contributed by atoms with Gasteiger partial charge in [-0.25, -0.2) is 4.98 Å². The molecule has 0 saturated carbocycles. The first-order valence-corrected chi connectivity index (χ1v) is 9.89. The molecule has 2 aromatic carbocycles. The second-order valence-corrected chi connectivity index (χ2v) is 7.46. The Morgan fingerprint density at radius 3 is 2.86 bits per heavy atom. The average Bonchev–Trinajstić information content (AvgIpc) is 3.28. The van der Waals surface area contributed by atoms with Crippen LogP contribution in [0.2, 0.25) is 0 Å². The molecular weight excluding hydrogens is 360 g/mol. The molecule has 0 bridgehead atoms. The number of nitrogens with zero attached hydrogens (tertiary/aromatic N) is 2. The van der Waals surface area contributed by atoms with Crippen LogP contribution in [0.5, 0.6) is 0 Å². The van der Waals surface area contributed by atoms with Crippen LogP contribution < -0.4 is 5.32 Å². The van der Waals surface area contributed by atoms with Gasteiger partial charge in [0.1, 0.15) is 5.65 Å². The first kappa shape index (κ1) is 17.5. The van der Waals surface area contributed by atoms with Gasteiger partial charge >= 0.3 is 0 Å². The second kappa shape index (κ2) is 6.78. The van der Waals surface area contributed by atoms with Gasteiger partial charge in [0.2, 0.25) is 5.91 Å². The summed E-state index contributed by atoms with van der Waals surface area (Å²) in [5.41, 5.74) is 7.03. The van der Waals surface area contributed by atoms with Crippen LogP contribution >= 0.6 is 0 Å². The van der Waals surface area contributed by atoms with Crippen LogP contribution in [0.1, 0.15) is 23.7 Å². The van der Waals surface area contributed by atoms with Crippen LogP contribution in [0.3, 0.4) is 0 Å². The van der Waals surface area contributed by atoms with Crippen molar-refractivity contribution in [3.05, 3.63) is 77.7 Å². The van der Waals surface area contributed by atoms with E-state index in [4.69, 9.17) is 0 Å². The summed E-state index contributed by atoms with van der Waals surface area (Å²) in [5.74, 6) is -0.0734. The molecule has 0 aliphatic carbocycles. The predicted molar refractivity (Wildman–Crippen MR) is 117 cm³/mol. The van der Waals surface area contributed by atoms with E-state index in [1.165, 1.54) is 21.9 Å². The molecule has 5 nitrogen and oxygen atoms in total. The fourth-order valence-corrected chi connectivity index (χ4v) is 4.02. The number of amides is 1. The summed E-state index contributed by atoms with van der Waals surface area (Å²) in [6, 6.07) is 16.4. The summed E-state index contributed by atoms with van der Waals surface area (Å²) < 4.78 is 1.96. The number of rotatable bonds is 4. The highest BCUT2D eigenvalue weighted by Crippen LogP contribution is 2.29. The van der Waals surface area contributed by atoms with Gasteiger partial charge in [-0.15, -0.1) is 0 Å². The number of fused-ring (bicyclic) bond motifs is 4. The van der Waals surface area contributed by atoms with Gasteiger partial charge in [-0.05, 0) is 42.7 Å². The molecule has 3 heterocycles. The molecule has 0 unspecified atom stereocenters. The molecule has 29 heavy (non-hydrogen) atoms. The molecule has 0 aliphatic rings. The van der Waals surface area contributed by atoms with Crippen molar-refractivity contribution in [1.82, 2.24) is 14.4 Å². The molecule has 0 radical (unpaired) electrons. The van der Waals surface area contributed by atoms with Gasteiger partial charge in [0.15, 0.2) is 0 Å². The molecule has 0 saturated heterocycles. The normalized spacial score (nSPS) is 11.5. The van der Waals surface area contributed by atoms with Gasteiger partial charge in [-0.3, -0.25) is 4.79 Å². The first-order valence-electron chi connectivity index (χ1n) is 9.89. The highest BCUT2D eigenvalue weighted by molar-refractivity contribution is 6.09. The number of carbonyl (C=O) groups is 1. The average molecular weight is 382 g/mol. The van der Waals surface area contributed by atoms with E-state index in [0.717, 1.165) is 34.5 Å². The third-order valence-corrected chi connectivity index (χ3v) is 5.45. The minimum atomic E-state index is -0.0734. The van der Waals surface area contributed by atoms with Crippen LogP contribution in [0.15, 0.2) is 60.9 Å². The van der Waals surface area contributed by atoms with Gasteiger partial charge < -0.3 is 14.7 Å². The smallest absolute Gasteiger partial charge is 0.230 e. The number of hydrogen-bond acceptors (Lipinski definition) is 2. The highest BCUT2D eigenvalue weighted by atomic mass is 16.1. The lowest BCUT2D eigenvalue weighted by Crippen LogP contribution is -2.14. The van der Waals surface area contributed by atoms with Crippen molar-refractivity contribution in [1.29, 1.82) is 0 Å². The quantitative estimate of drug-likeness (QED) is 0.458. The molecule has 3 aromatic heterocycles. The number of nitrogens with one attached hydrogen (secondary N) is 2. The summed E-state index contributed by atoms with van der Waals surface area (Å²) in [6.07, 6.45) is 5.08. The molecule has 5 aromatic rings. The summed E-state index contributed by atoms with van der Waals surface area (Å²) in [5, 5.41) is 5.40. The fourth-order valence-electron chi connectivity index (χ4n) is 4.02. The number of anilines is 1. The maximum absolute atomic E-state index is 12.6. The largest absolute Gasteiger partial charge is 0.354 e. The van der Waals surface area contributed by atoms with E-state index in [-0.39, 0.29) is 12.3 Å². The zero-order valence-electron chi connectivity index (χ0n) is 16.5. The number of para-hydroxylation sites is 1. The van der Waals surface area contributed by atoms with Crippen molar-refractivity contribution in [2.75, 3.05) is 5.32 Å². The van der Waals surface area contributed by atoms with Crippen molar-refractivity contribution < 1.29 is 4.79 Å². The number of benzene rings is 2. The van der Waals surface area contributed by atoms with E-state index >= 15 is 0 Å². The zero-order chi connectivity index (χ0) is 20.0. The molecule has 5 rings (SSSR count). The van der Waals surface area contributed by atoms with Crippen LogP contribution in [-0.2, 0) is 17.6 Å². The summed E-state index contributed by atoms with van der Waals surface area (Å²) in [6.45, 7) is 4.18. The third-order valence-electron chi connectivity index (χ3n) is 5.45. The van der Waals surface area contributed by atoms with Crippen molar-refractivity contribution in [3.63, 3.8) is 0 Å². The number of aromatic nitrogens is 3. The van der Waals surface area contributed by atoms with E-state index in [2.05, 4.69) is 46.5 Å². The Morgan fingerprint density at radius 1 is 1.14 bits per heavy atom. The number of carbonyl (C=O) groups excluding carboxylic acids is 1. The van der Waals surface area contributed by atoms with Crippen molar-refractivity contribution in [2.45, 2.75) is 26.7 Å². The molecule has 5 heteroatoms. The molecule has 0 aliphatic heterocycles. The lowest BCUT2D eigenvalue weighted by Gasteiger charge is -2.04. The SMILES string of the molecule is CCc1cccc2c1[nH]c1cc(NC(=O)Cc3cn4cccc(C)c4n3)ccc12. The second-order valence-electron chi connectivity index (χ2n) is 7.46. The van der Waals surface area contributed by atoms with Crippen LogP contribution in [0.4, 0.5) is 5.69 Å². The number of hydrogen-bond donors (Lipinski definition) is 2. The minimum absolute atomic E-state index is 0.0734. The van der Waals surface area contributed by atoms with Gasteiger partial charge in [0.25, 0.3) is 0 Å². The maximum atomic E-state index is 12.6. The van der Waals surface area contributed by atoms with Gasteiger partial charge in [0, 0.05) is 39.9 Å². The molecule has 0 fully saturated rings. The Hall–Kier alpha value is -3.60. The topological polar surface area (TPSA) is 62.2 Å². The Balaban J connectivity index is 1.41. The lowest BCUT2D eigenvalue weighted by molar-refractivity contribution is -0.115. The molecule has 144 valence electrons. The van der Waals surface area contributed by atoms with Gasteiger partial charge in [-0.1, -0.05) is 37.3 Å². The van der Waals surface area contributed by atoms with Crippen molar-refractivity contribution >= 4 is 39.0 Å². The Bertz CT molecular complexity index is 1380. The monoisotopic (exact) mass is 382 g/mol. The molecule has 0 spiro atoms. The molecule has 0 atom stereocenters. The van der Waals surface area contributed by atoms with Gasteiger partial charge in [-0.2, -0.15) is 0 Å². The van der Waals surface area contributed by atoms with E-state index in [0.29, 0.717) is 0 Å². The van der Waals surface area contributed by atoms with E-state index < -0.39 is 0 Å². The fraction of sp³-hybridized carbons (Fsp3) is 0.167. The van der Waals surface area contributed by atoms with E-state index in [1.807, 2.05) is 48.0 Å². The van der Waals surface area contributed by atoms with E-state index in [1.54, 1.807) is 0 Å². The summed E-state index contributed by atoms with van der Waals surface area (Å²) >= 11 is 0. The molecule has 1 amide bonds. The van der Waals surface area contributed by atoms with Gasteiger partial charge in [0.05, 0.1) is 12.1 Å². The molecule has 2 N–H and O–H groups in total. The number of aromatic amines is 1. The van der Waals surface area contributed by atoms with Crippen molar-refractivity contribution in [3.8, 4) is 0 Å². The highest BCUT2D eigenvalue weighted by Gasteiger charge is 2.11. The Labute approximate surface area is 168 Å². The summed E-state index contributed by atoms with van der Waals surface area (Å²) in [7, 11) is 0. The Morgan fingerprint density at radius 2 is 2.03 bits per heavy atom. The van der Waals surface area contributed by atoms with Crippen molar-refractivity contribution in [2.24, 2.45) is 0 Å². The standard InChI is InChI=1S/C24H22N4O/c1-3-16-7-4-8-20-19-10-9-17(12-21(19)27-23(16)20)25-22(29)13-18-14-28-11-5-6-15(2)24(28)26-18/h4-12,14,27H,3,13H2,1-2H3,(H,25,29). The first-order chi connectivity index (χ1) is 14.1. The zero-order valence-corrected chi connectivity index (χ0v) is 16.5. The van der Waals surface area contributed by atoms with Crippen LogP contribution in [-0.4, -0.2) is 20.3 Å². The third kappa shape index (κ3) is 3.05. The van der Waals surface area contributed by atoms with Crippen LogP contribution in [0.25, 0.3) is 27.5 Å². The minimum Gasteiger partial charge on any atom is -0.354 e. The maximum Gasteiger partial charge on any atom is 0.230 e. The number of H-pyrrole nitrogens is 1. The lowest BCUT2D eigenvalue weighted by atomic mass is 10.1. The summed E-state index contributed by atoms with van der Waals surface area (Å²) in [4.78, 5) is 20.7. The number of imidazole rings is 1. The predicted octanol–water partition coefficient (Wildman–Crippen LogP) is 5.02.